The number of rotatable bonds is 21. The molecule has 5 heteroatoms. The van der Waals surface area contributed by atoms with Gasteiger partial charge in [-0.1, -0.05) is 70.4 Å². The molecule has 0 bridgehead atoms. The van der Waals surface area contributed by atoms with Crippen molar-refractivity contribution in [3.8, 4) is 5.75 Å². The van der Waals surface area contributed by atoms with Crippen molar-refractivity contribution >= 4 is 11.9 Å². The summed E-state index contributed by atoms with van der Waals surface area (Å²) >= 11 is 0. The lowest BCUT2D eigenvalue weighted by Gasteiger charge is -2.16. The fourth-order valence-corrected chi connectivity index (χ4v) is 4.03. The highest BCUT2D eigenvalue weighted by molar-refractivity contribution is 5.66. The van der Waals surface area contributed by atoms with Crippen LogP contribution in [-0.2, 0) is 22.4 Å². The number of aryl methyl sites for hydroxylation is 1. The first-order valence-electron chi connectivity index (χ1n) is 12.7. The lowest BCUT2D eigenvalue weighted by atomic mass is 9.95. The maximum atomic E-state index is 10.7. The van der Waals surface area contributed by atoms with Gasteiger partial charge in [0.25, 0.3) is 0 Å². The zero-order valence-corrected chi connectivity index (χ0v) is 20.1. The molecule has 0 aliphatic heterocycles. The Bertz CT molecular complexity index is 641. The lowest BCUT2D eigenvalue weighted by Crippen LogP contribution is -2.04. The Morgan fingerprint density at radius 1 is 0.719 bits per heavy atom. The minimum atomic E-state index is -0.731. The molecule has 0 fully saturated rings. The molecule has 182 valence electrons. The van der Waals surface area contributed by atoms with Crippen molar-refractivity contribution in [1.82, 2.24) is 0 Å². The van der Waals surface area contributed by atoms with E-state index < -0.39 is 11.9 Å². The average molecular weight is 449 g/mol. The number of carboxylic acids is 2. The SMILES string of the molecule is CCCCCCCCCOc1cccc(CCCCCC(=O)O)c1CCCCCC(=O)O. The van der Waals surface area contributed by atoms with Gasteiger partial charge in [-0.15, -0.1) is 0 Å². The Hall–Kier alpha value is -2.04. The van der Waals surface area contributed by atoms with Crippen molar-refractivity contribution in [3.05, 3.63) is 29.3 Å². The molecule has 1 aromatic rings. The molecule has 0 atom stereocenters. The number of carbonyl (C=O) groups is 2. The molecular weight excluding hydrogens is 404 g/mol. The van der Waals surface area contributed by atoms with Gasteiger partial charge in [0.15, 0.2) is 0 Å². The topological polar surface area (TPSA) is 83.8 Å². The van der Waals surface area contributed by atoms with Crippen molar-refractivity contribution < 1.29 is 24.5 Å². The second-order valence-electron chi connectivity index (χ2n) is 8.77. The van der Waals surface area contributed by atoms with E-state index in [1.807, 2.05) is 0 Å². The summed E-state index contributed by atoms with van der Waals surface area (Å²) in [6, 6.07) is 6.27. The molecule has 0 unspecified atom stereocenters. The molecule has 5 nitrogen and oxygen atoms in total. The highest BCUT2D eigenvalue weighted by Crippen LogP contribution is 2.27. The van der Waals surface area contributed by atoms with Gasteiger partial charge in [0.2, 0.25) is 0 Å². The second kappa shape index (κ2) is 18.5. The number of aliphatic carboxylic acids is 2. The van der Waals surface area contributed by atoms with Gasteiger partial charge in [0.1, 0.15) is 5.75 Å². The van der Waals surface area contributed by atoms with Crippen molar-refractivity contribution in [3.63, 3.8) is 0 Å². The van der Waals surface area contributed by atoms with E-state index >= 15 is 0 Å². The molecule has 0 aliphatic rings. The van der Waals surface area contributed by atoms with E-state index in [1.54, 1.807) is 0 Å². The molecule has 0 spiro atoms. The first kappa shape index (κ1) is 28.0. The molecule has 2 N–H and O–H groups in total. The lowest BCUT2D eigenvalue weighted by molar-refractivity contribution is -0.138. The Morgan fingerprint density at radius 2 is 1.28 bits per heavy atom. The molecule has 1 aromatic carbocycles. The van der Waals surface area contributed by atoms with Crippen LogP contribution >= 0.6 is 0 Å². The summed E-state index contributed by atoms with van der Waals surface area (Å²) in [5, 5.41) is 17.6. The number of hydrogen-bond donors (Lipinski definition) is 2. The van der Waals surface area contributed by atoms with Crippen LogP contribution in [0.1, 0.15) is 114 Å². The first-order chi connectivity index (χ1) is 15.5. The summed E-state index contributed by atoms with van der Waals surface area (Å²) in [6.07, 6.45) is 16.3. The normalized spacial score (nSPS) is 10.9. The maximum Gasteiger partial charge on any atom is 0.303 e. The van der Waals surface area contributed by atoms with E-state index in [1.165, 1.54) is 49.7 Å². The number of ether oxygens (including phenoxy) is 1. The zero-order chi connectivity index (χ0) is 23.4. The summed E-state index contributed by atoms with van der Waals surface area (Å²) in [5.41, 5.74) is 2.54. The third-order valence-corrected chi connectivity index (χ3v) is 5.89. The molecule has 0 heterocycles. The van der Waals surface area contributed by atoms with Crippen LogP contribution in [0.4, 0.5) is 0 Å². The number of hydrogen-bond acceptors (Lipinski definition) is 3. The largest absolute Gasteiger partial charge is 0.493 e. The van der Waals surface area contributed by atoms with Crippen LogP contribution in [0.5, 0.6) is 5.75 Å². The maximum absolute atomic E-state index is 10.7. The third-order valence-electron chi connectivity index (χ3n) is 5.89. The Balaban J connectivity index is 2.56. The van der Waals surface area contributed by atoms with Crippen LogP contribution in [0, 0.1) is 0 Å². The molecule has 32 heavy (non-hydrogen) atoms. The average Bonchev–Trinajstić information content (AvgIpc) is 2.75. The predicted molar refractivity (Wildman–Crippen MR) is 130 cm³/mol. The standard InChI is InChI=1S/C27H44O5/c1-2-3-4-5-6-7-14-22-32-25-19-15-17-23(16-10-8-12-20-26(28)29)24(25)18-11-9-13-21-27(30)31/h15,17,19H,2-14,16,18,20-22H2,1H3,(H,28,29)(H,30,31). The molecule has 0 aliphatic carbocycles. The predicted octanol–water partition coefficient (Wildman–Crippen LogP) is 7.19. The van der Waals surface area contributed by atoms with Crippen LogP contribution in [0.25, 0.3) is 0 Å². The van der Waals surface area contributed by atoms with Gasteiger partial charge in [0.05, 0.1) is 6.61 Å². The fraction of sp³-hybridized carbons (Fsp3) is 0.704. The Labute approximate surface area is 194 Å². The van der Waals surface area contributed by atoms with E-state index in [9.17, 15) is 9.59 Å². The number of benzene rings is 1. The molecule has 0 aromatic heterocycles. The van der Waals surface area contributed by atoms with Crippen molar-refractivity contribution in [2.24, 2.45) is 0 Å². The molecular formula is C27H44O5. The van der Waals surface area contributed by atoms with Gasteiger partial charge in [-0.25, -0.2) is 0 Å². The molecule has 0 saturated heterocycles. The monoisotopic (exact) mass is 448 g/mol. The Kier molecular flexibility index (Phi) is 16.2. The summed E-state index contributed by atoms with van der Waals surface area (Å²) in [4.78, 5) is 21.4. The summed E-state index contributed by atoms with van der Waals surface area (Å²) < 4.78 is 6.19. The van der Waals surface area contributed by atoms with Crippen molar-refractivity contribution in [1.29, 1.82) is 0 Å². The minimum Gasteiger partial charge on any atom is -0.493 e. The van der Waals surface area contributed by atoms with E-state index in [4.69, 9.17) is 14.9 Å². The molecule has 0 radical (unpaired) electrons. The zero-order valence-electron chi connectivity index (χ0n) is 20.1. The third kappa shape index (κ3) is 14.1. The summed E-state index contributed by atoms with van der Waals surface area (Å²) in [7, 11) is 0. The highest BCUT2D eigenvalue weighted by atomic mass is 16.5. The second-order valence-corrected chi connectivity index (χ2v) is 8.77. The van der Waals surface area contributed by atoms with Crippen molar-refractivity contribution in [2.75, 3.05) is 6.61 Å². The molecule has 0 saturated carbocycles. The van der Waals surface area contributed by atoms with Gasteiger partial charge in [-0.05, 0) is 62.1 Å². The summed E-state index contributed by atoms with van der Waals surface area (Å²) in [5.74, 6) is -0.490. The van der Waals surface area contributed by atoms with E-state index in [2.05, 4.69) is 25.1 Å². The van der Waals surface area contributed by atoms with Crippen LogP contribution in [0.3, 0.4) is 0 Å². The number of carboxylic acid groups (broad SMARTS) is 2. The van der Waals surface area contributed by atoms with Gasteiger partial charge >= 0.3 is 11.9 Å². The van der Waals surface area contributed by atoms with Gasteiger partial charge in [-0.2, -0.15) is 0 Å². The van der Waals surface area contributed by atoms with E-state index in [0.717, 1.165) is 57.3 Å². The van der Waals surface area contributed by atoms with Crippen molar-refractivity contribution in [2.45, 2.75) is 116 Å². The van der Waals surface area contributed by atoms with Crippen LogP contribution < -0.4 is 4.74 Å². The van der Waals surface area contributed by atoms with Gasteiger partial charge < -0.3 is 14.9 Å². The minimum absolute atomic E-state index is 0.229. The van der Waals surface area contributed by atoms with Gasteiger partial charge in [-0.3, -0.25) is 9.59 Å². The van der Waals surface area contributed by atoms with Crippen LogP contribution in [-0.4, -0.2) is 28.8 Å². The van der Waals surface area contributed by atoms with E-state index in [0.29, 0.717) is 12.8 Å². The van der Waals surface area contributed by atoms with E-state index in [-0.39, 0.29) is 12.8 Å². The summed E-state index contributed by atoms with van der Waals surface area (Å²) in [6.45, 7) is 2.98. The van der Waals surface area contributed by atoms with Gasteiger partial charge in [0, 0.05) is 12.8 Å². The quantitative estimate of drug-likeness (QED) is 0.194. The fourth-order valence-electron chi connectivity index (χ4n) is 4.03. The highest BCUT2D eigenvalue weighted by Gasteiger charge is 2.10. The molecule has 0 amide bonds. The molecule has 1 rings (SSSR count). The first-order valence-corrected chi connectivity index (χ1v) is 12.7. The van der Waals surface area contributed by atoms with Crippen LogP contribution in [0.2, 0.25) is 0 Å². The van der Waals surface area contributed by atoms with Crippen LogP contribution in [0.15, 0.2) is 18.2 Å². The smallest absolute Gasteiger partial charge is 0.303 e. The number of unbranched alkanes of at least 4 members (excludes halogenated alkanes) is 10. The Morgan fingerprint density at radius 3 is 1.91 bits per heavy atom.